The highest BCUT2D eigenvalue weighted by Crippen LogP contribution is 2.13. The van der Waals surface area contributed by atoms with Gasteiger partial charge in [-0.15, -0.1) is 0 Å². The molecule has 0 atom stereocenters. The van der Waals surface area contributed by atoms with Crippen LogP contribution >= 0.6 is 0 Å². The van der Waals surface area contributed by atoms with Crippen molar-refractivity contribution in [3.05, 3.63) is 28.3 Å². The number of aromatic amines is 2. The van der Waals surface area contributed by atoms with E-state index >= 15 is 0 Å². The lowest BCUT2D eigenvalue weighted by Crippen LogP contribution is -2.09. The van der Waals surface area contributed by atoms with Crippen LogP contribution in [-0.2, 0) is 0 Å². The van der Waals surface area contributed by atoms with Gasteiger partial charge in [0, 0.05) is 5.69 Å². The fraction of sp³-hybridized carbons (Fsp3) is 0.333. The van der Waals surface area contributed by atoms with Gasteiger partial charge < -0.3 is 4.98 Å². The van der Waals surface area contributed by atoms with E-state index in [1.54, 1.807) is 0 Å². The van der Waals surface area contributed by atoms with Crippen LogP contribution in [-0.4, -0.2) is 15.2 Å². The first-order valence-electron chi connectivity index (χ1n) is 4.25. The maximum atomic E-state index is 11.4. The number of aromatic nitrogens is 3. The van der Waals surface area contributed by atoms with E-state index in [4.69, 9.17) is 0 Å². The molecule has 2 N–H and O–H groups in total. The zero-order valence-corrected chi connectivity index (χ0v) is 7.59. The van der Waals surface area contributed by atoms with Crippen LogP contribution in [0.5, 0.6) is 0 Å². The highest BCUT2D eigenvalue weighted by atomic mass is 16.1. The van der Waals surface area contributed by atoms with Gasteiger partial charge in [0.2, 0.25) is 0 Å². The van der Waals surface area contributed by atoms with Gasteiger partial charge in [0.25, 0.3) is 5.56 Å². The molecule has 0 aliphatic heterocycles. The smallest absolute Gasteiger partial charge is 0.259 e. The molecule has 4 nitrogen and oxygen atoms in total. The third-order valence-corrected chi connectivity index (χ3v) is 2.09. The summed E-state index contributed by atoms with van der Waals surface area (Å²) >= 11 is 0. The summed E-state index contributed by atoms with van der Waals surface area (Å²) in [5.41, 5.74) is 1.66. The molecule has 0 saturated carbocycles. The van der Waals surface area contributed by atoms with Crippen LogP contribution in [0, 0.1) is 0 Å². The van der Waals surface area contributed by atoms with E-state index in [9.17, 15) is 4.79 Å². The first-order chi connectivity index (χ1) is 6.18. The van der Waals surface area contributed by atoms with Gasteiger partial charge in [-0.3, -0.25) is 9.89 Å². The van der Waals surface area contributed by atoms with E-state index in [0.29, 0.717) is 11.3 Å². The van der Waals surface area contributed by atoms with Gasteiger partial charge >= 0.3 is 0 Å². The predicted octanol–water partition coefficient (Wildman–Crippen LogP) is 1.37. The molecular formula is C9H11N3O. The third-order valence-electron chi connectivity index (χ3n) is 2.09. The molecule has 0 aliphatic carbocycles. The predicted molar refractivity (Wildman–Crippen MR) is 50.8 cm³/mol. The van der Waals surface area contributed by atoms with Crippen LogP contribution in [0.25, 0.3) is 10.9 Å². The largest absolute Gasteiger partial charge is 0.325 e. The molecule has 0 radical (unpaired) electrons. The second-order valence-corrected chi connectivity index (χ2v) is 3.41. The standard InChI is InChI=1S/C9H11N3O/c1-5(2)7-3-8-6(4-10-12-8)9(13)11-7/h3-5H,1-2H3,(H,10,12)(H,11,13). The SMILES string of the molecule is CC(C)c1cc2[nH]ncc2c(=O)[nH]1. The van der Waals surface area contributed by atoms with E-state index in [1.165, 1.54) is 6.20 Å². The van der Waals surface area contributed by atoms with Crippen molar-refractivity contribution in [2.24, 2.45) is 0 Å². The fourth-order valence-electron chi connectivity index (χ4n) is 1.29. The Morgan fingerprint density at radius 3 is 2.92 bits per heavy atom. The molecule has 0 unspecified atom stereocenters. The number of nitrogens with one attached hydrogen (secondary N) is 2. The molecule has 4 heteroatoms. The summed E-state index contributed by atoms with van der Waals surface area (Å²) < 4.78 is 0. The van der Waals surface area contributed by atoms with Crippen LogP contribution in [0.4, 0.5) is 0 Å². The van der Waals surface area contributed by atoms with Gasteiger partial charge in [-0.05, 0) is 12.0 Å². The number of nitrogens with zero attached hydrogens (tertiary/aromatic N) is 1. The lowest BCUT2D eigenvalue weighted by molar-refractivity contribution is 0.820. The van der Waals surface area contributed by atoms with Crippen molar-refractivity contribution in [1.82, 2.24) is 15.2 Å². The van der Waals surface area contributed by atoms with Gasteiger partial charge in [-0.1, -0.05) is 13.8 Å². The maximum Gasteiger partial charge on any atom is 0.259 e. The number of rotatable bonds is 1. The third kappa shape index (κ3) is 1.24. The molecule has 2 heterocycles. The molecule has 2 rings (SSSR count). The summed E-state index contributed by atoms with van der Waals surface area (Å²) in [6.45, 7) is 4.07. The summed E-state index contributed by atoms with van der Waals surface area (Å²) in [5.74, 6) is 0.320. The molecule has 0 spiro atoms. The minimum Gasteiger partial charge on any atom is -0.325 e. The topological polar surface area (TPSA) is 61.5 Å². The van der Waals surface area contributed by atoms with Crippen LogP contribution in [0.3, 0.4) is 0 Å². The van der Waals surface area contributed by atoms with Gasteiger partial charge in [0.15, 0.2) is 0 Å². The number of fused-ring (bicyclic) bond motifs is 1. The van der Waals surface area contributed by atoms with Crippen molar-refractivity contribution < 1.29 is 0 Å². The molecule has 0 aromatic carbocycles. The molecule has 68 valence electrons. The number of H-pyrrole nitrogens is 2. The Morgan fingerprint density at radius 2 is 2.23 bits per heavy atom. The number of pyridine rings is 1. The van der Waals surface area contributed by atoms with Crippen molar-refractivity contribution >= 4 is 10.9 Å². The molecule has 13 heavy (non-hydrogen) atoms. The molecule has 0 amide bonds. The van der Waals surface area contributed by atoms with Crippen LogP contribution in [0.1, 0.15) is 25.5 Å². The lowest BCUT2D eigenvalue weighted by Gasteiger charge is -2.03. The van der Waals surface area contributed by atoms with E-state index < -0.39 is 0 Å². The lowest BCUT2D eigenvalue weighted by atomic mass is 10.1. The fourth-order valence-corrected chi connectivity index (χ4v) is 1.29. The minimum atomic E-state index is -0.0741. The average molecular weight is 177 g/mol. The Kier molecular flexibility index (Phi) is 1.69. The average Bonchev–Trinajstić information content (AvgIpc) is 2.51. The van der Waals surface area contributed by atoms with E-state index in [1.807, 2.05) is 19.9 Å². The van der Waals surface area contributed by atoms with Crippen molar-refractivity contribution in [1.29, 1.82) is 0 Å². The van der Waals surface area contributed by atoms with Crippen LogP contribution in [0.15, 0.2) is 17.1 Å². The van der Waals surface area contributed by atoms with Crippen molar-refractivity contribution in [2.75, 3.05) is 0 Å². The van der Waals surface area contributed by atoms with Crippen molar-refractivity contribution in [3.63, 3.8) is 0 Å². The molecule has 2 aromatic rings. The van der Waals surface area contributed by atoms with Crippen LogP contribution in [0.2, 0.25) is 0 Å². The van der Waals surface area contributed by atoms with Crippen LogP contribution < -0.4 is 5.56 Å². The zero-order chi connectivity index (χ0) is 9.42. The Bertz CT molecular complexity index is 481. The quantitative estimate of drug-likeness (QED) is 0.691. The monoisotopic (exact) mass is 177 g/mol. The normalized spacial score (nSPS) is 11.3. The first kappa shape index (κ1) is 8.04. The molecule has 0 aliphatic rings. The second-order valence-electron chi connectivity index (χ2n) is 3.41. The summed E-state index contributed by atoms with van der Waals surface area (Å²) in [4.78, 5) is 14.3. The molecule has 2 aromatic heterocycles. The summed E-state index contributed by atoms with van der Waals surface area (Å²) in [6.07, 6.45) is 1.54. The van der Waals surface area contributed by atoms with Gasteiger partial charge in [0.1, 0.15) is 0 Å². The molecule has 0 bridgehead atoms. The van der Waals surface area contributed by atoms with Gasteiger partial charge in [-0.2, -0.15) is 5.10 Å². The summed E-state index contributed by atoms with van der Waals surface area (Å²) in [7, 11) is 0. The molecule has 0 fully saturated rings. The van der Waals surface area contributed by atoms with Crippen molar-refractivity contribution in [3.8, 4) is 0 Å². The number of hydrogen-bond acceptors (Lipinski definition) is 2. The Morgan fingerprint density at radius 1 is 1.46 bits per heavy atom. The highest BCUT2D eigenvalue weighted by molar-refractivity contribution is 5.76. The minimum absolute atomic E-state index is 0.0741. The Hall–Kier alpha value is -1.58. The van der Waals surface area contributed by atoms with Crippen molar-refractivity contribution in [2.45, 2.75) is 19.8 Å². The van der Waals surface area contributed by atoms with Gasteiger partial charge in [-0.25, -0.2) is 0 Å². The number of hydrogen-bond donors (Lipinski definition) is 2. The van der Waals surface area contributed by atoms with E-state index in [2.05, 4.69) is 15.2 Å². The Balaban J connectivity index is 2.77. The summed E-state index contributed by atoms with van der Waals surface area (Å²) in [5, 5.41) is 7.22. The first-order valence-corrected chi connectivity index (χ1v) is 4.25. The summed E-state index contributed by atoms with van der Waals surface area (Å²) in [6, 6.07) is 1.92. The zero-order valence-electron chi connectivity index (χ0n) is 7.59. The molecular weight excluding hydrogens is 166 g/mol. The second kappa shape index (κ2) is 2.73. The molecule has 0 saturated heterocycles. The van der Waals surface area contributed by atoms with E-state index in [-0.39, 0.29) is 5.56 Å². The Labute approximate surface area is 75.0 Å². The maximum absolute atomic E-state index is 11.4. The van der Waals surface area contributed by atoms with E-state index in [0.717, 1.165) is 11.2 Å². The van der Waals surface area contributed by atoms with Gasteiger partial charge in [0.05, 0.1) is 17.1 Å². The highest BCUT2D eigenvalue weighted by Gasteiger charge is 2.05.